The largest absolute Gasteiger partial charge is 0.464 e. The summed E-state index contributed by atoms with van der Waals surface area (Å²) in [6, 6.07) is 0.637. The van der Waals surface area contributed by atoms with Gasteiger partial charge in [-0.25, -0.2) is 4.79 Å². The van der Waals surface area contributed by atoms with E-state index in [-0.39, 0.29) is 18.1 Å². The van der Waals surface area contributed by atoms with Crippen molar-refractivity contribution >= 4 is 17.6 Å². The van der Waals surface area contributed by atoms with Crippen molar-refractivity contribution in [3.63, 3.8) is 0 Å². The number of hydrogen-bond acceptors (Lipinski definition) is 3. The molecule has 0 N–H and O–H groups in total. The van der Waals surface area contributed by atoms with E-state index in [4.69, 9.17) is 11.6 Å². The highest BCUT2D eigenvalue weighted by Crippen LogP contribution is 2.28. The Kier molecular flexibility index (Phi) is 3.79. The third-order valence-corrected chi connectivity index (χ3v) is 1.93. The van der Waals surface area contributed by atoms with Crippen LogP contribution in [-0.2, 0) is 17.5 Å². The maximum atomic E-state index is 12.3. The number of rotatable bonds is 3. The summed E-state index contributed by atoms with van der Waals surface area (Å²) in [7, 11) is 1.08. The first kappa shape index (κ1) is 12.8. The minimum Gasteiger partial charge on any atom is -0.464 e. The lowest BCUT2D eigenvalue weighted by molar-refractivity contribution is -0.141. The van der Waals surface area contributed by atoms with Crippen LogP contribution in [0.5, 0.6) is 0 Å². The summed E-state index contributed by atoms with van der Waals surface area (Å²) in [5, 5.41) is 3.25. The van der Waals surface area contributed by atoms with E-state index >= 15 is 0 Å². The molecule has 0 unspecified atom stereocenters. The number of methoxy groups -OCH3 is 1. The molecule has 1 heterocycles. The molecule has 0 bridgehead atoms. The molecule has 0 atom stereocenters. The first-order chi connectivity index (χ1) is 7.40. The molecule has 0 saturated heterocycles. The molecule has 0 aliphatic rings. The van der Waals surface area contributed by atoms with Crippen molar-refractivity contribution < 1.29 is 22.7 Å². The second-order valence-corrected chi connectivity index (χ2v) is 3.19. The summed E-state index contributed by atoms with van der Waals surface area (Å²) < 4.78 is 42.2. The molecular weight excluding hydrogens is 249 g/mol. The fourth-order valence-corrected chi connectivity index (χ4v) is 1.23. The molecule has 0 aliphatic carbocycles. The van der Waals surface area contributed by atoms with Crippen LogP contribution in [0.4, 0.5) is 13.2 Å². The van der Waals surface area contributed by atoms with Gasteiger partial charge in [0, 0.05) is 11.9 Å². The molecule has 1 aromatic rings. The average molecular weight is 257 g/mol. The summed E-state index contributed by atoms with van der Waals surface area (Å²) in [5.74, 6) is -0.837. The molecule has 1 rings (SSSR count). The Morgan fingerprint density at radius 2 is 2.25 bits per heavy atom. The van der Waals surface area contributed by atoms with Gasteiger partial charge in [0.2, 0.25) is 0 Å². The molecule has 0 aliphatic heterocycles. The number of esters is 1. The van der Waals surface area contributed by atoms with Crippen LogP contribution in [0.25, 0.3) is 0 Å². The zero-order chi connectivity index (χ0) is 12.3. The topological polar surface area (TPSA) is 44.1 Å². The molecule has 0 spiro atoms. The van der Waals surface area contributed by atoms with E-state index < -0.39 is 17.8 Å². The van der Waals surface area contributed by atoms with E-state index in [0.717, 1.165) is 11.8 Å². The average Bonchev–Trinajstić information content (AvgIpc) is 2.61. The smallest absolute Gasteiger partial charge is 0.435 e. The quantitative estimate of drug-likeness (QED) is 0.613. The Balaban J connectivity index is 3.15. The van der Waals surface area contributed by atoms with Crippen molar-refractivity contribution in [2.45, 2.75) is 12.7 Å². The van der Waals surface area contributed by atoms with Crippen molar-refractivity contribution in [3.8, 4) is 0 Å². The fourth-order valence-electron chi connectivity index (χ4n) is 1.07. The molecule has 0 aromatic carbocycles. The number of aromatic nitrogens is 2. The predicted molar refractivity (Wildman–Crippen MR) is 49.3 cm³/mol. The van der Waals surface area contributed by atoms with Gasteiger partial charge in [-0.05, 0) is 0 Å². The number of carbonyl (C=O) groups is 1. The lowest BCUT2D eigenvalue weighted by atomic mass is 10.3. The van der Waals surface area contributed by atoms with Crippen LogP contribution < -0.4 is 0 Å². The summed E-state index contributed by atoms with van der Waals surface area (Å²) in [4.78, 5) is 11.2. The summed E-state index contributed by atoms with van der Waals surface area (Å²) in [5.41, 5.74) is -1.41. The van der Waals surface area contributed by atoms with Gasteiger partial charge < -0.3 is 4.74 Å². The number of carbonyl (C=O) groups excluding carboxylic acids is 1. The summed E-state index contributed by atoms with van der Waals surface area (Å²) in [6.07, 6.45) is -4.60. The summed E-state index contributed by atoms with van der Waals surface area (Å²) in [6.45, 7) is 0.00205. The first-order valence-corrected chi connectivity index (χ1v) is 4.73. The van der Waals surface area contributed by atoms with Crippen LogP contribution in [0.2, 0.25) is 0 Å². The second kappa shape index (κ2) is 4.73. The lowest BCUT2D eigenvalue weighted by Gasteiger charge is -2.02. The van der Waals surface area contributed by atoms with Gasteiger partial charge in [-0.15, -0.1) is 11.6 Å². The van der Waals surface area contributed by atoms with Crippen LogP contribution in [0, 0.1) is 0 Å². The van der Waals surface area contributed by atoms with E-state index in [1.807, 2.05) is 0 Å². The van der Waals surface area contributed by atoms with E-state index in [1.165, 1.54) is 0 Å². The zero-order valence-corrected chi connectivity index (χ0v) is 8.97. The van der Waals surface area contributed by atoms with E-state index in [0.29, 0.717) is 6.07 Å². The standard InChI is InChI=1S/C8H8ClF3N2O2/c1-16-7(15)5-4-6(8(10,11)12)13-14(5)3-2-9/h4H,2-3H2,1H3. The van der Waals surface area contributed by atoms with Crippen molar-refractivity contribution in [3.05, 3.63) is 17.5 Å². The minimum atomic E-state index is -4.60. The van der Waals surface area contributed by atoms with Gasteiger partial charge in [0.1, 0.15) is 5.69 Å². The van der Waals surface area contributed by atoms with Crippen molar-refractivity contribution in [1.29, 1.82) is 0 Å². The van der Waals surface area contributed by atoms with Crippen LogP contribution in [0.15, 0.2) is 6.07 Å². The molecule has 8 heteroatoms. The van der Waals surface area contributed by atoms with Crippen LogP contribution >= 0.6 is 11.6 Å². The molecule has 16 heavy (non-hydrogen) atoms. The van der Waals surface area contributed by atoms with Gasteiger partial charge in [0.15, 0.2) is 5.69 Å². The van der Waals surface area contributed by atoms with Gasteiger partial charge >= 0.3 is 12.1 Å². The van der Waals surface area contributed by atoms with Gasteiger partial charge in [-0.1, -0.05) is 0 Å². The van der Waals surface area contributed by atoms with E-state index in [2.05, 4.69) is 9.84 Å². The fraction of sp³-hybridized carbons (Fsp3) is 0.500. The second-order valence-electron chi connectivity index (χ2n) is 2.82. The normalized spacial score (nSPS) is 11.6. The van der Waals surface area contributed by atoms with Crippen LogP contribution in [0.3, 0.4) is 0 Å². The third-order valence-electron chi connectivity index (χ3n) is 1.76. The monoisotopic (exact) mass is 256 g/mol. The number of alkyl halides is 4. The number of halogens is 4. The van der Waals surface area contributed by atoms with Crippen molar-refractivity contribution in [2.75, 3.05) is 13.0 Å². The summed E-state index contributed by atoms with van der Waals surface area (Å²) >= 11 is 5.39. The zero-order valence-electron chi connectivity index (χ0n) is 8.21. The Morgan fingerprint density at radius 1 is 1.62 bits per heavy atom. The molecule has 0 radical (unpaired) electrons. The first-order valence-electron chi connectivity index (χ1n) is 4.19. The Morgan fingerprint density at radius 3 is 2.69 bits per heavy atom. The molecule has 90 valence electrons. The molecule has 0 fully saturated rings. The van der Waals surface area contributed by atoms with Gasteiger partial charge in [-0.3, -0.25) is 4.68 Å². The van der Waals surface area contributed by atoms with Crippen molar-refractivity contribution in [1.82, 2.24) is 9.78 Å². The lowest BCUT2D eigenvalue weighted by Crippen LogP contribution is -2.13. The Hall–Kier alpha value is -1.24. The Bertz CT molecular complexity index is 389. The predicted octanol–water partition coefficient (Wildman–Crippen LogP) is 1.93. The maximum absolute atomic E-state index is 12.3. The maximum Gasteiger partial charge on any atom is 0.435 e. The number of aryl methyl sites for hydroxylation is 1. The molecule has 0 saturated carbocycles. The third kappa shape index (κ3) is 2.66. The van der Waals surface area contributed by atoms with Crippen molar-refractivity contribution in [2.24, 2.45) is 0 Å². The number of ether oxygens (including phenoxy) is 1. The van der Waals surface area contributed by atoms with E-state index in [1.54, 1.807) is 0 Å². The van der Waals surface area contributed by atoms with Crippen LogP contribution in [-0.4, -0.2) is 28.7 Å². The highest BCUT2D eigenvalue weighted by molar-refractivity contribution is 6.17. The Labute approximate surface area is 93.9 Å². The molecule has 0 amide bonds. The number of hydrogen-bond donors (Lipinski definition) is 0. The highest BCUT2D eigenvalue weighted by Gasteiger charge is 2.35. The van der Waals surface area contributed by atoms with E-state index in [9.17, 15) is 18.0 Å². The van der Waals surface area contributed by atoms with Crippen LogP contribution in [0.1, 0.15) is 16.2 Å². The minimum absolute atomic E-state index is 0.00205. The number of nitrogens with zero attached hydrogens (tertiary/aromatic N) is 2. The molecule has 1 aromatic heterocycles. The highest BCUT2D eigenvalue weighted by atomic mass is 35.5. The SMILES string of the molecule is COC(=O)c1cc(C(F)(F)F)nn1CCCl. The van der Waals surface area contributed by atoms with Gasteiger partial charge in [-0.2, -0.15) is 18.3 Å². The molecule has 4 nitrogen and oxygen atoms in total. The van der Waals surface area contributed by atoms with Gasteiger partial charge in [0.25, 0.3) is 0 Å². The molecular formula is C8H8ClF3N2O2. The van der Waals surface area contributed by atoms with Gasteiger partial charge in [0.05, 0.1) is 13.7 Å².